The van der Waals surface area contributed by atoms with E-state index in [1.165, 1.54) is 23.5 Å². The van der Waals surface area contributed by atoms with Gasteiger partial charge in [0.15, 0.2) is 0 Å². The van der Waals surface area contributed by atoms with Crippen molar-refractivity contribution < 1.29 is 22.7 Å². The number of rotatable bonds is 7. The number of hydrogen-bond acceptors (Lipinski definition) is 4. The summed E-state index contributed by atoms with van der Waals surface area (Å²) in [6.45, 7) is 1.90. The van der Waals surface area contributed by atoms with E-state index in [0.717, 1.165) is 17.1 Å². The molecule has 0 spiro atoms. The van der Waals surface area contributed by atoms with Gasteiger partial charge in [-0.3, -0.25) is 0 Å². The van der Waals surface area contributed by atoms with Crippen LogP contribution in [0.1, 0.15) is 36.1 Å². The average Bonchev–Trinajstić information content (AvgIpc) is 3.16. The van der Waals surface area contributed by atoms with E-state index < -0.39 is 16.2 Å². The Morgan fingerprint density at radius 3 is 2.52 bits per heavy atom. The highest BCUT2D eigenvalue weighted by molar-refractivity contribution is 7.86. The van der Waals surface area contributed by atoms with Gasteiger partial charge in [-0.2, -0.15) is 17.0 Å². The number of nitrogens with zero attached hydrogens (tertiary/aromatic N) is 2. The van der Waals surface area contributed by atoms with Gasteiger partial charge >= 0.3 is 5.97 Å². The fourth-order valence-corrected chi connectivity index (χ4v) is 3.51. The normalized spacial score (nSPS) is 17.4. The molecule has 0 radical (unpaired) electrons. The van der Waals surface area contributed by atoms with Crippen LogP contribution in [0.5, 0.6) is 0 Å². The van der Waals surface area contributed by atoms with Crippen LogP contribution in [0.3, 0.4) is 0 Å². The van der Waals surface area contributed by atoms with Gasteiger partial charge in [0.05, 0.1) is 6.54 Å². The van der Waals surface area contributed by atoms with Crippen LogP contribution in [0.15, 0.2) is 16.5 Å². The molecule has 118 valence electrons. The van der Waals surface area contributed by atoms with Gasteiger partial charge in [0.25, 0.3) is 10.2 Å². The second-order valence-electron chi connectivity index (χ2n) is 5.43. The molecule has 2 rings (SSSR count). The van der Waals surface area contributed by atoms with Gasteiger partial charge in [-0.05, 0) is 37.8 Å². The van der Waals surface area contributed by atoms with Crippen molar-refractivity contribution in [1.29, 1.82) is 0 Å². The fourth-order valence-electron chi connectivity index (χ4n) is 2.18. The van der Waals surface area contributed by atoms with Crippen LogP contribution >= 0.6 is 0 Å². The zero-order chi connectivity index (χ0) is 15.8. The van der Waals surface area contributed by atoms with Gasteiger partial charge in [0, 0.05) is 20.1 Å². The second-order valence-corrected chi connectivity index (χ2v) is 7.52. The summed E-state index contributed by atoms with van der Waals surface area (Å²) in [5.74, 6) is -0.645. The van der Waals surface area contributed by atoms with Crippen molar-refractivity contribution in [2.45, 2.75) is 32.4 Å². The summed E-state index contributed by atoms with van der Waals surface area (Å²) < 4.78 is 32.5. The Hall–Kier alpha value is -1.38. The van der Waals surface area contributed by atoms with E-state index in [0.29, 0.717) is 11.7 Å². The summed E-state index contributed by atoms with van der Waals surface area (Å²) in [5, 5.41) is 8.79. The molecule has 1 unspecified atom stereocenters. The first-order valence-corrected chi connectivity index (χ1v) is 8.14. The summed E-state index contributed by atoms with van der Waals surface area (Å²) in [6.07, 6.45) is 2.12. The number of hydrogen-bond donors (Lipinski definition) is 1. The maximum atomic E-state index is 12.4. The number of carboxylic acid groups (broad SMARTS) is 1. The lowest BCUT2D eigenvalue weighted by atomic mass is 10.2. The van der Waals surface area contributed by atoms with Crippen molar-refractivity contribution in [1.82, 2.24) is 8.61 Å². The molecule has 1 aromatic rings. The van der Waals surface area contributed by atoms with E-state index in [9.17, 15) is 13.2 Å². The number of carbonyl (C=O) groups is 1. The van der Waals surface area contributed by atoms with Crippen molar-refractivity contribution in [3.8, 4) is 0 Å². The van der Waals surface area contributed by atoms with Gasteiger partial charge in [-0.15, -0.1) is 0 Å². The quantitative estimate of drug-likeness (QED) is 0.820. The summed E-state index contributed by atoms with van der Waals surface area (Å²) in [5.41, 5.74) is 0. The minimum absolute atomic E-state index is 0.00264. The van der Waals surface area contributed by atoms with Crippen LogP contribution in [0.2, 0.25) is 0 Å². The van der Waals surface area contributed by atoms with Gasteiger partial charge < -0.3 is 9.52 Å². The molecule has 21 heavy (non-hydrogen) atoms. The third-order valence-corrected chi connectivity index (χ3v) is 5.86. The zero-order valence-corrected chi connectivity index (χ0v) is 13.1. The summed E-state index contributed by atoms with van der Waals surface area (Å²) in [6, 6.07) is 2.75. The predicted molar refractivity (Wildman–Crippen MR) is 76.0 cm³/mol. The SMILES string of the molecule is CC(C1CC1)N(C)S(=O)(=O)N(C)Cc1ccc(C(=O)O)o1. The highest BCUT2D eigenvalue weighted by Crippen LogP contribution is 2.35. The first-order chi connectivity index (χ1) is 9.73. The number of carboxylic acids is 1. The maximum Gasteiger partial charge on any atom is 0.371 e. The van der Waals surface area contributed by atoms with Crippen molar-refractivity contribution in [3.63, 3.8) is 0 Å². The van der Waals surface area contributed by atoms with E-state index in [2.05, 4.69) is 0 Å². The largest absolute Gasteiger partial charge is 0.475 e. The molecule has 1 fully saturated rings. The van der Waals surface area contributed by atoms with Gasteiger partial charge in [-0.25, -0.2) is 4.79 Å². The molecule has 1 heterocycles. The molecule has 0 amide bonds. The molecule has 7 nitrogen and oxygen atoms in total. The Morgan fingerprint density at radius 1 is 1.43 bits per heavy atom. The molecule has 1 saturated carbocycles. The lowest BCUT2D eigenvalue weighted by Crippen LogP contribution is -2.44. The van der Waals surface area contributed by atoms with Gasteiger partial charge in [0.2, 0.25) is 5.76 Å². The first-order valence-electron chi connectivity index (χ1n) is 6.74. The molecular formula is C13H20N2O5S. The highest BCUT2D eigenvalue weighted by atomic mass is 32.2. The van der Waals surface area contributed by atoms with Crippen LogP contribution in [-0.2, 0) is 16.8 Å². The Morgan fingerprint density at radius 2 is 2.05 bits per heavy atom. The third-order valence-electron chi connectivity index (χ3n) is 3.89. The predicted octanol–water partition coefficient (Wildman–Crippen LogP) is 1.38. The maximum absolute atomic E-state index is 12.4. The Balaban J connectivity index is 2.06. The van der Waals surface area contributed by atoms with Crippen molar-refractivity contribution in [3.05, 3.63) is 23.7 Å². The molecule has 8 heteroatoms. The second kappa shape index (κ2) is 5.78. The van der Waals surface area contributed by atoms with E-state index in [4.69, 9.17) is 9.52 Å². The average molecular weight is 316 g/mol. The van der Waals surface area contributed by atoms with Gasteiger partial charge in [-0.1, -0.05) is 0 Å². The standard InChI is InChI=1S/C13H20N2O5S/c1-9(10-4-5-10)15(3)21(18,19)14(2)8-11-6-7-12(20-11)13(16)17/h6-7,9-10H,4-5,8H2,1-3H3,(H,16,17). The topological polar surface area (TPSA) is 91.1 Å². The molecule has 1 aromatic heterocycles. The molecule has 0 bridgehead atoms. The molecule has 1 aliphatic carbocycles. The van der Waals surface area contributed by atoms with Crippen LogP contribution in [0.4, 0.5) is 0 Å². The third kappa shape index (κ3) is 3.45. The van der Waals surface area contributed by atoms with Crippen LogP contribution in [0.25, 0.3) is 0 Å². The number of aromatic carboxylic acids is 1. The van der Waals surface area contributed by atoms with Gasteiger partial charge in [0.1, 0.15) is 5.76 Å². The Bertz CT molecular complexity index is 620. The lowest BCUT2D eigenvalue weighted by molar-refractivity contribution is 0.0659. The van der Waals surface area contributed by atoms with E-state index in [1.54, 1.807) is 7.05 Å². The smallest absolute Gasteiger partial charge is 0.371 e. The van der Waals surface area contributed by atoms with E-state index >= 15 is 0 Å². The summed E-state index contributed by atoms with van der Waals surface area (Å²) in [4.78, 5) is 10.7. The number of furan rings is 1. The van der Waals surface area contributed by atoms with Crippen LogP contribution in [-0.4, -0.2) is 48.2 Å². The summed E-state index contributed by atoms with van der Waals surface area (Å²) >= 11 is 0. The lowest BCUT2D eigenvalue weighted by Gasteiger charge is -2.28. The van der Waals surface area contributed by atoms with Crippen molar-refractivity contribution in [2.75, 3.05) is 14.1 Å². The molecular weight excluding hydrogens is 296 g/mol. The Kier molecular flexibility index (Phi) is 4.40. The molecule has 1 N–H and O–H groups in total. The summed E-state index contributed by atoms with van der Waals surface area (Å²) in [7, 11) is -0.571. The fraction of sp³-hybridized carbons (Fsp3) is 0.615. The first kappa shape index (κ1) is 16.0. The van der Waals surface area contributed by atoms with Crippen molar-refractivity contribution in [2.24, 2.45) is 5.92 Å². The molecule has 0 aromatic carbocycles. The molecule has 0 saturated heterocycles. The monoisotopic (exact) mass is 316 g/mol. The van der Waals surface area contributed by atoms with Crippen molar-refractivity contribution >= 4 is 16.2 Å². The minimum atomic E-state index is -3.59. The molecule has 0 aliphatic heterocycles. The zero-order valence-electron chi connectivity index (χ0n) is 12.3. The minimum Gasteiger partial charge on any atom is -0.475 e. The molecule has 1 aliphatic rings. The Labute approximate surface area is 124 Å². The van der Waals surface area contributed by atoms with E-state index in [-0.39, 0.29) is 18.3 Å². The highest BCUT2D eigenvalue weighted by Gasteiger charge is 2.37. The van der Waals surface area contributed by atoms with Crippen LogP contribution < -0.4 is 0 Å². The van der Waals surface area contributed by atoms with Crippen LogP contribution in [0, 0.1) is 5.92 Å². The van der Waals surface area contributed by atoms with E-state index in [1.807, 2.05) is 6.92 Å². The molecule has 1 atom stereocenters.